The standard InChI is InChI=1S/C57H105NO11/c1-4-7-10-13-14-15-16-17-18-19-20-21-22-25-28-39-55(62)67-47-51(48-68-56(63)40-31-32-42-58(43-44-59)52-35-29-30-36-52)49-69-57(64)41-33-34-50(45-65-53(60)37-26-23-11-8-5-2)46-66-54(61)38-27-24-12-9-6-3/h50-52,59H,4-49H2,1-3H3. The first-order valence-corrected chi connectivity index (χ1v) is 28.8. The van der Waals surface area contributed by atoms with Gasteiger partial charge in [0.2, 0.25) is 0 Å². The van der Waals surface area contributed by atoms with Crippen LogP contribution in [0.15, 0.2) is 0 Å². The van der Waals surface area contributed by atoms with Gasteiger partial charge in [0.05, 0.1) is 25.7 Å². The van der Waals surface area contributed by atoms with Crippen molar-refractivity contribution < 1.29 is 52.8 Å². The maximum absolute atomic E-state index is 13.0. The Bertz CT molecular complexity index is 1210. The third-order valence-electron chi connectivity index (χ3n) is 13.7. The predicted molar refractivity (Wildman–Crippen MR) is 277 cm³/mol. The molecule has 1 aliphatic rings. The third-order valence-corrected chi connectivity index (χ3v) is 13.7. The molecule has 0 aromatic carbocycles. The van der Waals surface area contributed by atoms with Crippen LogP contribution in [0.25, 0.3) is 0 Å². The number of unbranched alkanes of at least 4 members (excludes halogenated alkanes) is 23. The number of esters is 5. The summed E-state index contributed by atoms with van der Waals surface area (Å²) in [6.45, 7) is 8.30. The molecule has 0 saturated heterocycles. The zero-order valence-electron chi connectivity index (χ0n) is 44.7. The molecule has 12 heteroatoms. The molecule has 1 rings (SSSR count). The van der Waals surface area contributed by atoms with Gasteiger partial charge in [0.15, 0.2) is 0 Å². The number of nitrogens with zero attached hydrogens (tertiary/aromatic N) is 1. The summed E-state index contributed by atoms with van der Waals surface area (Å²) in [6.07, 6.45) is 37.6. The Morgan fingerprint density at radius 1 is 0.391 bits per heavy atom. The van der Waals surface area contributed by atoms with Crippen LogP contribution < -0.4 is 0 Å². The number of hydrogen-bond donors (Lipinski definition) is 1. The van der Waals surface area contributed by atoms with E-state index in [1.807, 2.05) is 0 Å². The van der Waals surface area contributed by atoms with Crippen LogP contribution in [0, 0.1) is 11.8 Å². The van der Waals surface area contributed by atoms with Crippen LogP contribution in [0.5, 0.6) is 0 Å². The lowest BCUT2D eigenvalue weighted by molar-refractivity contribution is -0.155. The van der Waals surface area contributed by atoms with Crippen molar-refractivity contribution in [1.82, 2.24) is 4.90 Å². The highest BCUT2D eigenvalue weighted by molar-refractivity contribution is 5.71. The van der Waals surface area contributed by atoms with Gasteiger partial charge in [-0.05, 0) is 64.3 Å². The molecule has 1 unspecified atom stereocenters. The Morgan fingerprint density at radius 3 is 1.01 bits per heavy atom. The molecule has 0 radical (unpaired) electrons. The molecule has 0 aliphatic heterocycles. The maximum atomic E-state index is 13.0. The van der Waals surface area contributed by atoms with Crippen molar-refractivity contribution in [3.05, 3.63) is 0 Å². The number of aliphatic hydroxyl groups is 1. The Kier molecular flexibility index (Phi) is 44.3. The van der Waals surface area contributed by atoms with Crippen LogP contribution in [0.1, 0.15) is 265 Å². The number of ether oxygens (including phenoxy) is 5. The summed E-state index contributed by atoms with van der Waals surface area (Å²) in [6, 6.07) is 0.509. The van der Waals surface area contributed by atoms with Gasteiger partial charge in [0, 0.05) is 50.6 Å². The van der Waals surface area contributed by atoms with Gasteiger partial charge in [-0.2, -0.15) is 0 Å². The number of carbonyl (C=O) groups is 5. The minimum Gasteiger partial charge on any atom is -0.465 e. The van der Waals surface area contributed by atoms with E-state index in [4.69, 9.17) is 23.7 Å². The maximum Gasteiger partial charge on any atom is 0.305 e. The molecule has 0 amide bonds. The van der Waals surface area contributed by atoms with E-state index in [9.17, 15) is 29.1 Å². The van der Waals surface area contributed by atoms with Crippen molar-refractivity contribution in [2.75, 3.05) is 52.7 Å². The first-order valence-electron chi connectivity index (χ1n) is 28.8. The van der Waals surface area contributed by atoms with Crippen LogP contribution in [0.4, 0.5) is 0 Å². The van der Waals surface area contributed by atoms with Gasteiger partial charge in [-0.1, -0.05) is 175 Å². The average Bonchev–Trinajstić information content (AvgIpc) is 3.89. The molecule has 404 valence electrons. The van der Waals surface area contributed by atoms with E-state index >= 15 is 0 Å². The fourth-order valence-corrected chi connectivity index (χ4v) is 9.15. The van der Waals surface area contributed by atoms with Crippen molar-refractivity contribution in [3.8, 4) is 0 Å². The van der Waals surface area contributed by atoms with Crippen LogP contribution in [0.3, 0.4) is 0 Å². The average molecular weight is 980 g/mol. The normalized spacial score (nSPS) is 13.2. The highest BCUT2D eigenvalue weighted by Gasteiger charge is 2.23. The second kappa shape index (κ2) is 47.6. The van der Waals surface area contributed by atoms with Crippen molar-refractivity contribution in [1.29, 1.82) is 0 Å². The highest BCUT2D eigenvalue weighted by Crippen LogP contribution is 2.24. The Hall–Kier alpha value is -2.73. The zero-order chi connectivity index (χ0) is 50.3. The van der Waals surface area contributed by atoms with E-state index in [-0.39, 0.29) is 82.3 Å². The summed E-state index contributed by atoms with van der Waals surface area (Å²) in [5, 5.41) is 9.56. The van der Waals surface area contributed by atoms with Gasteiger partial charge in [-0.3, -0.25) is 28.9 Å². The highest BCUT2D eigenvalue weighted by atomic mass is 16.6. The van der Waals surface area contributed by atoms with E-state index in [1.54, 1.807) is 0 Å². The molecule has 69 heavy (non-hydrogen) atoms. The molecular weight excluding hydrogens is 875 g/mol. The first-order chi connectivity index (χ1) is 33.7. The van der Waals surface area contributed by atoms with Gasteiger partial charge in [0.25, 0.3) is 0 Å². The molecule has 0 aromatic heterocycles. The lowest BCUT2D eigenvalue weighted by atomic mass is 10.0. The summed E-state index contributed by atoms with van der Waals surface area (Å²) in [7, 11) is 0. The van der Waals surface area contributed by atoms with E-state index in [2.05, 4.69) is 25.7 Å². The molecule has 1 fully saturated rings. The Morgan fingerprint density at radius 2 is 0.681 bits per heavy atom. The lowest BCUT2D eigenvalue weighted by Gasteiger charge is -2.28. The number of carbonyl (C=O) groups excluding carboxylic acids is 5. The second-order valence-electron chi connectivity index (χ2n) is 20.2. The van der Waals surface area contributed by atoms with Crippen LogP contribution in [-0.2, 0) is 47.7 Å². The monoisotopic (exact) mass is 980 g/mol. The molecule has 0 heterocycles. The van der Waals surface area contributed by atoms with Gasteiger partial charge >= 0.3 is 29.8 Å². The van der Waals surface area contributed by atoms with E-state index < -0.39 is 11.9 Å². The van der Waals surface area contributed by atoms with E-state index in [0.29, 0.717) is 51.1 Å². The SMILES string of the molecule is CCCCCCCCCCCCCCCCCC(=O)OCC(COC(=O)CCCCN(CCO)C1CCCC1)COC(=O)CCCC(COC(=O)CCCCCCC)COC(=O)CCCCCCC. The van der Waals surface area contributed by atoms with Crippen molar-refractivity contribution in [2.24, 2.45) is 11.8 Å². The number of rotatable bonds is 50. The van der Waals surface area contributed by atoms with E-state index in [1.165, 1.54) is 89.9 Å². The van der Waals surface area contributed by atoms with Crippen LogP contribution in [-0.4, -0.2) is 98.6 Å². The second-order valence-corrected chi connectivity index (χ2v) is 20.2. The van der Waals surface area contributed by atoms with Gasteiger partial charge in [-0.15, -0.1) is 0 Å². The Balaban J connectivity index is 2.61. The summed E-state index contributed by atoms with van der Waals surface area (Å²) in [5.41, 5.74) is 0. The quantitative estimate of drug-likeness (QED) is 0.0350. The fraction of sp³-hybridized carbons (Fsp3) is 0.912. The zero-order valence-corrected chi connectivity index (χ0v) is 44.7. The topological polar surface area (TPSA) is 155 Å². The molecule has 1 aliphatic carbocycles. The smallest absolute Gasteiger partial charge is 0.305 e. The van der Waals surface area contributed by atoms with Crippen LogP contribution >= 0.6 is 0 Å². The van der Waals surface area contributed by atoms with E-state index in [0.717, 1.165) is 109 Å². The minimum absolute atomic E-state index is 0.0222. The van der Waals surface area contributed by atoms with Crippen LogP contribution in [0.2, 0.25) is 0 Å². The first kappa shape index (κ1) is 64.3. The summed E-state index contributed by atoms with van der Waals surface area (Å²) < 4.78 is 28.2. The molecule has 0 aromatic rings. The van der Waals surface area contributed by atoms with Crippen molar-refractivity contribution >= 4 is 29.8 Å². The largest absolute Gasteiger partial charge is 0.465 e. The Labute approximate surface area is 421 Å². The van der Waals surface area contributed by atoms with Crippen molar-refractivity contribution in [2.45, 2.75) is 271 Å². The van der Waals surface area contributed by atoms with Gasteiger partial charge in [-0.25, -0.2) is 0 Å². The summed E-state index contributed by atoms with van der Waals surface area (Å²) in [5.74, 6) is -2.36. The molecule has 1 N–H and O–H groups in total. The molecule has 1 saturated carbocycles. The summed E-state index contributed by atoms with van der Waals surface area (Å²) in [4.78, 5) is 66.0. The number of aliphatic hydroxyl groups excluding tert-OH is 1. The predicted octanol–water partition coefficient (Wildman–Crippen LogP) is 13.5. The van der Waals surface area contributed by atoms with Gasteiger partial charge in [0.1, 0.15) is 19.8 Å². The molecule has 1 atom stereocenters. The van der Waals surface area contributed by atoms with Crippen molar-refractivity contribution in [3.63, 3.8) is 0 Å². The number of hydrogen-bond acceptors (Lipinski definition) is 12. The molecule has 0 spiro atoms. The molecular formula is C57H105NO11. The lowest BCUT2D eigenvalue weighted by Crippen LogP contribution is -2.36. The molecule has 12 nitrogen and oxygen atoms in total. The molecule has 0 bridgehead atoms. The van der Waals surface area contributed by atoms with Gasteiger partial charge < -0.3 is 28.8 Å². The summed E-state index contributed by atoms with van der Waals surface area (Å²) >= 11 is 0. The minimum atomic E-state index is -0.513. The third kappa shape index (κ3) is 40.6. The fourth-order valence-electron chi connectivity index (χ4n) is 9.15.